The van der Waals surface area contributed by atoms with Crippen molar-refractivity contribution < 1.29 is 27.5 Å². The van der Waals surface area contributed by atoms with Crippen molar-refractivity contribution in [1.82, 2.24) is 10.0 Å². The number of sulfonamides is 1. The first-order valence-electron chi connectivity index (χ1n) is 5.84. The van der Waals surface area contributed by atoms with Gasteiger partial charge in [-0.15, -0.1) is 0 Å². The van der Waals surface area contributed by atoms with Gasteiger partial charge in [0.2, 0.25) is 15.9 Å². The summed E-state index contributed by atoms with van der Waals surface area (Å²) in [7, 11) is -4.07. The number of carboxylic acid groups (broad SMARTS) is 1. The van der Waals surface area contributed by atoms with Gasteiger partial charge in [0.25, 0.3) is 0 Å². The molecule has 8 nitrogen and oxygen atoms in total. The Morgan fingerprint density at radius 1 is 1.40 bits per heavy atom. The maximum atomic E-state index is 12.3. The number of amides is 1. The number of nitrogens with one attached hydrogen (secondary N) is 2. The predicted molar refractivity (Wildman–Crippen MR) is 66.9 cm³/mol. The molecular formula is C11H14N2O6S. The van der Waals surface area contributed by atoms with Crippen LogP contribution in [-0.4, -0.2) is 38.0 Å². The molecule has 0 radical (unpaired) electrons. The summed E-state index contributed by atoms with van der Waals surface area (Å²) in [4.78, 5) is 21.8. The van der Waals surface area contributed by atoms with Crippen LogP contribution < -0.4 is 10.0 Å². The van der Waals surface area contributed by atoms with Gasteiger partial charge in [-0.3, -0.25) is 4.79 Å². The average molecular weight is 302 g/mol. The van der Waals surface area contributed by atoms with Crippen molar-refractivity contribution in [3.63, 3.8) is 0 Å². The molecule has 1 saturated heterocycles. The Kier molecular flexibility index (Phi) is 3.57. The van der Waals surface area contributed by atoms with E-state index in [-0.39, 0.29) is 40.9 Å². The summed E-state index contributed by atoms with van der Waals surface area (Å²) in [6.07, 6.45) is 0.0253. The molecular weight excluding hydrogens is 288 g/mol. The Morgan fingerprint density at radius 2 is 2.05 bits per heavy atom. The van der Waals surface area contributed by atoms with E-state index in [0.717, 1.165) is 0 Å². The number of carboxylic acids is 1. The molecule has 2 heterocycles. The van der Waals surface area contributed by atoms with Gasteiger partial charge in [0.05, 0.1) is 0 Å². The Labute approximate surface area is 115 Å². The smallest absolute Gasteiger partial charge is 0.340 e. The molecule has 0 saturated carbocycles. The molecule has 1 aromatic rings. The largest absolute Gasteiger partial charge is 0.478 e. The second kappa shape index (κ2) is 4.91. The fourth-order valence-corrected chi connectivity index (χ4v) is 3.84. The van der Waals surface area contributed by atoms with Crippen LogP contribution in [0.1, 0.15) is 28.3 Å². The summed E-state index contributed by atoms with van der Waals surface area (Å²) >= 11 is 0. The molecule has 0 aromatic carbocycles. The highest BCUT2D eigenvalue weighted by Gasteiger charge is 2.34. The van der Waals surface area contributed by atoms with Gasteiger partial charge in [-0.05, 0) is 13.8 Å². The van der Waals surface area contributed by atoms with Gasteiger partial charge < -0.3 is 14.8 Å². The minimum absolute atomic E-state index is 0.00434. The third-order valence-corrected chi connectivity index (χ3v) is 4.66. The maximum absolute atomic E-state index is 12.3. The van der Waals surface area contributed by atoms with E-state index >= 15 is 0 Å². The first kappa shape index (κ1) is 14.5. The average Bonchev–Trinajstić information content (AvgIpc) is 2.81. The molecule has 1 amide bonds. The van der Waals surface area contributed by atoms with Crippen LogP contribution in [0, 0.1) is 13.8 Å². The lowest BCUT2D eigenvalue weighted by molar-refractivity contribution is -0.119. The summed E-state index contributed by atoms with van der Waals surface area (Å²) in [5.74, 6) is -1.60. The SMILES string of the molecule is Cc1oc(C)c(S(=O)(=O)NC2CNC(=O)C2)c1C(=O)O. The van der Waals surface area contributed by atoms with E-state index in [4.69, 9.17) is 9.52 Å². The van der Waals surface area contributed by atoms with Crippen molar-refractivity contribution in [3.05, 3.63) is 17.1 Å². The lowest BCUT2D eigenvalue weighted by atomic mass is 10.2. The molecule has 1 aliphatic rings. The van der Waals surface area contributed by atoms with Gasteiger partial charge in [0, 0.05) is 19.0 Å². The van der Waals surface area contributed by atoms with E-state index in [9.17, 15) is 18.0 Å². The Morgan fingerprint density at radius 3 is 2.55 bits per heavy atom. The third kappa shape index (κ3) is 2.54. The zero-order valence-electron chi connectivity index (χ0n) is 10.9. The number of carbonyl (C=O) groups excluding carboxylic acids is 1. The highest BCUT2D eigenvalue weighted by atomic mass is 32.2. The van der Waals surface area contributed by atoms with Crippen LogP contribution in [0.4, 0.5) is 0 Å². The Bertz CT molecular complexity index is 675. The third-order valence-electron chi connectivity index (χ3n) is 2.99. The number of furan rings is 1. The van der Waals surface area contributed by atoms with Crippen LogP contribution in [0.5, 0.6) is 0 Å². The number of aromatic carboxylic acids is 1. The van der Waals surface area contributed by atoms with Gasteiger partial charge in [0.1, 0.15) is 22.0 Å². The molecule has 110 valence electrons. The number of aryl methyl sites for hydroxylation is 2. The number of carbonyl (C=O) groups is 2. The van der Waals surface area contributed by atoms with Crippen molar-refractivity contribution >= 4 is 21.9 Å². The lowest BCUT2D eigenvalue weighted by Crippen LogP contribution is -2.36. The van der Waals surface area contributed by atoms with Crippen LogP contribution in [0.25, 0.3) is 0 Å². The Hall–Kier alpha value is -1.87. The first-order chi connectivity index (χ1) is 9.22. The topological polar surface area (TPSA) is 126 Å². The summed E-state index contributed by atoms with van der Waals surface area (Å²) in [6, 6.07) is -0.594. The van der Waals surface area contributed by atoms with Crippen LogP contribution in [0.2, 0.25) is 0 Å². The van der Waals surface area contributed by atoms with Crippen molar-refractivity contribution in [2.24, 2.45) is 0 Å². The van der Waals surface area contributed by atoms with Crippen molar-refractivity contribution in [2.45, 2.75) is 31.2 Å². The first-order valence-corrected chi connectivity index (χ1v) is 7.33. The van der Waals surface area contributed by atoms with E-state index in [1.165, 1.54) is 13.8 Å². The molecule has 1 aliphatic heterocycles. The molecule has 9 heteroatoms. The molecule has 0 bridgehead atoms. The van der Waals surface area contributed by atoms with Gasteiger partial charge in [-0.25, -0.2) is 17.9 Å². The second-order valence-corrected chi connectivity index (χ2v) is 6.20. The number of hydrogen-bond donors (Lipinski definition) is 3. The standard InChI is InChI=1S/C11H14N2O6S/c1-5-9(11(15)16)10(6(2)19-5)20(17,18)13-7-3-8(14)12-4-7/h7,13H,3-4H2,1-2H3,(H,12,14)(H,15,16). The molecule has 1 fully saturated rings. The van der Waals surface area contributed by atoms with E-state index < -0.39 is 22.0 Å². The molecule has 0 spiro atoms. The molecule has 0 aliphatic carbocycles. The number of hydrogen-bond acceptors (Lipinski definition) is 5. The van der Waals surface area contributed by atoms with Crippen LogP contribution in [0.15, 0.2) is 9.31 Å². The summed E-state index contributed by atoms with van der Waals surface area (Å²) in [6.45, 7) is 2.94. The minimum Gasteiger partial charge on any atom is -0.478 e. The van der Waals surface area contributed by atoms with Gasteiger partial charge in [0.15, 0.2) is 0 Å². The van der Waals surface area contributed by atoms with E-state index in [1.54, 1.807) is 0 Å². The summed E-state index contributed by atoms with van der Waals surface area (Å²) in [5, 5.41) is 11.6. The van der Waals surface area contributed by atoms with Crippen LogP contribution in [0.3, 0.4) is 0 Å². The van der Waals surface area contributed by atoms with E-state index in [1.807, 2.05) is 0 Å². The zero-order chi connectivity index (χ0) is 15.1. The second-order valence-electron chi connectivity index (χ2n) is 4.55. The number of rotatable bonds is 4. The molecule has 3 N–H and O–H groups in total. The van der Waals surface area contributed by atoms with E-state index in [0.29, 0.717) is 0 Å². The van der Waals surface area contributed by atoms with Gasteiger partial charge in [-0.1, -0.05) is 0 Å². The molecule has 1 atom stereocenters. The summed E-state index contributed by atoms with van der Waals surface area (Å²) in [5.41, 5.74) is -0.382. The maximum Gasteiger partial charge on any atom is 0.340 e. The van der Waals surface area contributed by atoms with Gasteiger partial charge in [-0.2, -0.15) is 0 Å². The molecule has 1 unspecified atom stereocenters. The fraction of sp³-hybridized carbons (Fsp3) is 0.455. The van der Waals surface area contributed by atoms with Crippen LogP contribution >= 0.6 is 0 Å². The lowest BCUT2D eigenvalue weighted by Gasteiger charge is -2.11. The highest BCUT2D eigenvalue weighted by Crippen LogP contribution is 2.26. The molecule has 1 aromatic heterocycles. The Balaban J connectivity index is 2.39. The highest BCUT2D eigenvalue weighted by molar-refractivity contribution is 7.89. The van der Waals surface area contributed by atoms with Crippen molar-refractivity contribution in [3.8, 4) is 0 Å². The van der Waals surface area contributed by atoms with Gasteiger partial charge >= 0.3 is 5.97 Å². The fourth-order valence-electron chi connectivity index (χ4n) is 2.20. The monoisotopic (exact) mass is 302 g/mol. The molecule has 2 rings (SSSR count). The molecule has 20 heavy (non-hydrogen) atoms. The minimum atomic E-state index is -4.07. The predicted octanol–water partition coefficient (Wildman–Crippen LogP) is -0.239. The van der Waals surface area contributed by atoms with E-state index in [2.05, 4.69) is 10.0 Å². The van der Waals surface area contributed by atoms with Crippen molar-refractivity contribution in [2.75, 3.05) is 6.54 Å². The summed E-state index contributed by atoms with van der Waals surface area (Å²) < 4.78 is 32.0. The van der Waals surface area contributed by atoms with Crippen molar-refractivity contribution in [1.29, 1.82) is 0 Å². The quantitative estimate of drug-likeness (QED) is 0.705. The zero-order valence-corrected chi connectivity index (χ0v) is 11.7. The normalized spacial score (nSPS) is 19.1. The van der Waals surface area contributed by atoms with Crippen LogP contribution in [-0.2, 0) is 14.8 Å².